The van der Waals surface area contributed by atoms with E-state index in [1.807, 2.05) is 0 Å². The molecule has 0 aliphatic rings. The van der Waals surface area contributed by atoms with E-state index in [9.17, 15) is 24.0 Å². The number of nitrogens with zero attached hydrogens (tertiary/aromatic N) is 1. The second kappa shape index (κ2) is 17.0. The Hall–Kier alpha value is -3.13. The van der Waals surface area contributed by atoms with E-state index in [0.29, 0.717) is 12.8 Å². The largest absolute Gasteiger partial charge is 0.444 e. The van der Waals surface area contributed by atoms with Crippen LogP contribution < -0.4 is 27.4 Å². The van der Waals surface area contributed by atoms with Gasteiger partial charge in [0.1, 0.15) is 22.8 Å². The van der Waals surface area contributed by atoms with Crippen LogP contribution >= 0.6 is 0 Å². The van der Waals surface area contributed by atoms with Crippen LogP contribution in [0.25, 0.3) is 0 Å². The first-order valence-corrected chi connectivity index (χ1v) is 13.9. The van der Waals surface area contributed by atoms with E-state index < -0.39 is 59.0 Å². The van der Waals surface area contributed by atoms with Gasteiger partial charge < -0.3 is 41.6 Å². The number of imide groups is 1. The van der Waals surface area contributed by atoms with Crippen molar-refractivity contribution in [2.24, 2.45) is 11.5 Å². The van der Waals surface area contributed by atoms with Gasteiger partial charge in [0, 0.05) is 19.6 Å². The maximum Gasteiger partial charge on any atom is 0.417 e. The van der Waals surface area contributed by atoms with Crippen molar-refractivity contribution in [1.29, 1.82) is 0 Å². The van der Waals surface area contributed by atoms with Crippen LogP contribution in [0.4, 0.5) is 14.4 Å². The maximum atomic E-state index is 13.5. The summed E-state index contributed by atoms with van der Waals surface area (Å²) in [4.78, 5) is 64.3. The van der Waals surface area contributed by atoms with Crippen LogP contribution in [0.1, 0.15) is 88.0 Å². The third kappa shape index (κ3) is 18.0. The number of carbonyl (C=O) groups is 5. The first-order valence-electron chi connectivity index (χ1n) is 13.9. The molecule has 14 nitrogen and oxygen atoms in total. The standard InChI is InChI=1S/C27H52N6O8/c1-25(2,3)39-22(36)31-15-11-12-18(29)21(35)33(24(38)41-27(7,8)9)19(13-10-14-28)20(34)30-16-17-32-23(37)40-26(4,5)6/h18-19H,10-17,28-29H2,1-9H3,(H,30,34)(H,31,36)(H,32,37)/t18-,19-/m0/s1. The zero-order valence-corrected chi connectivity index (χ0v) is 26.2. The van der Waals surface area contributed by atoms with Gasteiger partial charge in [0.15, 0.2) is 0 Å². The number of nitrogens with two attached hydrogens (primary N) is 2. The first kappa shape index (κ1) is 37.9. The lowest BCUT2D eigenvalue weighted by molar-refractivity contribution is -0.141. The molecule has 0 aliphatic carbocycles. The van der Waals surface area contributed by atoms with Gasteiger partial charge in [-0.2, -0.15) is 0 Å². The van der Waals surface area contributed by atoms with Gasteiger partial charge in [-0.1, -0.05) is 0 Å². The molecule has 238 valence electrons. The molecular weight excluding hydrogens is 536 g/mol. The Morgan fingerprint density at radius 2 is 1.15 bits per heavy atom. The fraction of sp³-hybridized carbons (Fsp3) is 0.815. The topological polar surface area (TPSA) is 204 Å². The lowest BCUT2D eigenvalue weighted by Gasteiger charge is -2.33. The Labute approximate surface area is 243 Å². The molecule has 5 amide bonds. The van der Waals surface area contributed by atoms with Crippen LogP contribution in [0.3, 0.4) is 0 Å². The van der Waals surface area contributed by atoms with Crippen LogP contribution in [0.5, 0.6) is 0 Å². The van der Waals surface area contributed by atoms with E-state index >= 15 is 0 Å². The first-order chi connectivity index (χ1) is 18.7. The summed E-state index contributed by atoms with van der Waals surface area (Å²) in [5.41, 5.74) is 9.51. The fourth-order valence-corrected chi connectivity index (χ4v) is 3.28. The van der Waals surface area contributed by atoms with Gasteiger partial charge >= 0.3 is 18.3 Å². The maximum absolute atomic E-state index is 13.5. The van der Waals surface area contributed by atoms with Crippen molar-refractivity contribution in [2.75, 3.05) is 26.2 Å². The third-order valence-corrected chi connectivity index (χ3v) is 4.89. The minimum absolute atomic E-state index is 0.00986. The van der Waals surface area contributed by atoms with Gasteiger partial charge in [-0.15, -0.1) is 0 Å². The van der Waals surface area contributed by atoms with Crippen molar-refractivity contribution in [3.05, 3.63) is 0 Å². The normalized spacial score (nSPS) is 13.3. The Morgan fingerprint density at radius 3 is 1.61 bits per heavy atom. The zero-order valence-electron chi connectivity index (χ0n) is 26.2. The van der Waals surface area contributed by atoms with E-state index in [-0.39, 0.29) is 39.0 Å². The molecule has 2 atom stereocenters. The number of carbonyl (C=O) groups excluding carboxylic acids is 5. The predicted molar refractivity (Wildman–Crippen MR) is 154 cm³/mol. The predicted octanol–water partition coefficient (Wildman–Crippen LogP) is 2.13. The lowest BCUT2D eigenvalue weighted by Crippen LogP contribution is -2.58. The second-order valence-electron chi connectivity index (χ2n) is 12.5. The summed E-state index contributed by atoms with van der Waals surface area (Å²) in [7, 11) is 0. The molecule has 41 heavy (non-hydrogen) atoms. The van der Waals surface area contributed by atoms with Crippen molar-refractivity contribution in [3.8, 4) is 0 Å². The lowest BCUT2D eigenvalue weighted by atomic mass is 10.1. The van der Waals surface area contributed by atoms with E-state index in [1.54, 1.807) is 62.3 Å². The van der Waals surface area contributed by atoms with E-state index in [4.69, 9.17) is 25.7 Å². The summed E-state index contributed by atoms with van der Waals surface area (Å²) in [6.07, 6.45) is -1.45. The molecule has 7 N–H and O–H groups in total. The van der Waals surface area contributed by atoms with Crippen LogP contribution in [0.2, 0.25) is 0 Å². The Morgan fingerprint density at radius 1 is 0.683 bits per heavy atom. The molecule has 0 fully saturated rings. The number of rotatable bonds is 13. The van der Waals surface area contributed by atoms with Crippen LogP contribution in [-0.4, -0.2) is 90.1 Å². The molecule has 0 saturated carbocycles. The fourth-order valence-electron chi connectivity index (χ4n) is 3.28. The van der Waals surface area contributed by atoms with Crippen molar-refractivity contribution >= 4 is 30.1 Å². The molecule has 0 unspecified atom stereocenters. The van der Waals surface area contributed by atoms with Gasteiger partial charge in [-0.3, -0.25) is 9.59 Å². The van der Waals surface area contributed by atoms with Crippen LogP contribution in [0.15, 0.2) is 0 Å². The molecular formula is C27H52N6O8. The van der Waals surface area contributed by atoms with Gasteiger partial charge in [-0.05, 0) is 94.5 Å². The molecule has 0 aromatic rings. The van der Waals surface area contributed by atoms with Crippen molar-refractivity contribution < 1.29 is 38.2 Å². The molecule has 0 spiro atoms. The summed E-state index contributed by atoms with van der Waals surface area (Å²) in [5, 5.41) is 7.74. The zero-order chi connectivity index (χ0) is 32.0. The number of hydrogen-bond acceptors (Lipinski definition) is 10. The molecule has 0 aliphatic heterocycles. The summed E-state index contributed by atoms with van der Waals surface area (Å²) in [5.74, 6) is -1.44. The number of nitrogens with one attached hydrogen (secondary N) is 3. The number of ether oxygens (including phenoxy) is 3. The molecule has 0 heterocycles. The third-order valence-electron chi connectivity index (χ3n) is 4.89. The highest BCUT2D eigenvalue weighted by Gasteiger charge is 2.39. The summed E-state index contributed by atoms with van der Waals surface area (Å²) in [6.45, 7) is 15.7. The summed E-state index contributed by atoms with van der Waals surface area (Å²) < 4.78 is 15.8. The molecule has 0 aromatic carbocycles. The van der Waals surface area contributed by atoms with Crippen molar-refractivity contribution in [3.63, 3.8) is 0 Å². The average molecular weight is 589 g/mol. The average Bonchev–Trinajstić information content (AvgIpc) is 2.78. The number of amides is 5. The SMILES string of the molecule is CC(C)(C)OC(=O)NCCC[C@H](N)C(=O)N(C(=O)OC(C)(C)C)[C@@H](CCCN)C(=O)NCCNC(=O)OC(C)(C)C. The Bertz CT molecular complexity index is 877. The van der Waals surface area contributed by atoms with Gasteiger partial charge in [0.05, 0.1) is 6.04 Å². The van der Waals surface area contributed by atoms with Gasteiger partial charge in [-0.25, -0.2) is 19.3 Å². The van der Waals surface area contributed by atoms with E-state index in [2.05, 4.69) is 16.0 Å². The van der Waals surface area contributed by atoms with Crippen molar-refractivity contribution in [2.45, 2.75) is 117 Å². The van der Waals surface area contributed by atoms with E-state index in [0.717, 1.165) is 4.90 Å². The molecule has 0 saturated heterocycles. The highest BCUT2D eigenvalue weighted by atomic mass is 16.6. The van der Waals surface area contributed by atoms with Crippen LogP contribution in [0, 0.1) is 0 Å². The molecule has 14 heteroatoms. The smallest absolute Gasteiger partial charge is 0.417 e. The molecule has 0 aromatic heterocycles. The van der Waals surface area contributed by atoms with E-state index in [1.165, 1.54) is 0 Å². The number of alkyl carbamates (subject to hydrolysis) is 2. The minimum atomic E-state index is -1.26. The Balaban J connectivity index is 5.53. The van der Waals surface area contributed by atoms with Crippen molar-refractivity contribution in [1.82, 2.24) is 20.9 Å². The van der Waals surface area contributed by atoms with Gasteiger partial charge in [0.25, 0.3) is 0 Å². The van der Waals surface area contributed by atoms with Crippen LogP contribution in [-0.2, 0) is 23.8 Å². The highest BCUT2D eigenvalue weighted by molar-refractivity contribution is 6.00. The highest BCUT2D eigenvalue weighted by Crippen LogP contribution is 2.17. The molecule has 0 rings (SSSR count). The minimum Gasteiger partial charge on any atom is -0.444 e. The summed E-state index contributed by atoms with van der Waals surface area (Å²) >= 11 is 0. The van der Waals surface area contributed by atoms with Gasteiger partial charge in [0.2, 0.25) is 11.8 Å². The molecule has 0 radical (unpaired) electrons. The summed E-state index contributed by atoms with van der Waals surface area (Å²) in [6, 6.07) is -2.42. The second-order valence-corrected chi connectivity index (χ2v) is 12.5. The quantitative estimate of drug-likeness (QED) is 0.156. The number of hydrogen-bond donors (Lipinski definition) is 5. The Kier molecular flexibility index (Phi) is 15.7. The molecule has 0 bridgehead atoms. The monoisotopic (exact) mass is 588 g/mol.